The van der Waals surface area contributed by atoms with E-state index in [-0.39, 0.29) is 11.8 Å². The lowest BCUT2D eigenvalue weighted by Gasteiger charge is -2.23. The highest BCUT2D eigenvalue weighted by atomic mass is 35.5. The van der Waals surface area contributed by atoms with E-state index in [0.29, 0.717) is 10.8 Å². The number of likely N-dealkylation sites (N-methyl/N-ethyl adjacent to an activating group) is 1. The summed E-state index contributed by atoms with van der Waals surface area (Å²) in [6.07, 6.45) is 0. The molecule has 1 rings (SSSR count). The molecule has 0 bridgehead atoms. The summed E-state index contributed by atoms with van der Waals surface area (Å²) in [7, 11) is 5.29. The number of benzene rings is 1. The standard InChI is InChI=1S/C12H16ClNO2/c1-8(15)12(14(2)3)10-7-9(13)5-6-11(10)16-4/h5-7,12H,1-4H3. The Morgan fingerprint density at radius 1 is 1.44 bits per heavy atom. The molecule has 0 aliphatic rings. The molecule has 0 amide bonds. The topological polar surface area (TPSA) is 29.5 Å². The van der Waals surface area contributed by atoms with Crippen LogP contribution in [0.15, 0.2) is 18.2 Å². The minimum atomic E-state index is -0.325. The molecule has 0 saturated carbocycles. The molecule has 0 fully saturated rings. The highest BCUT2D eigenvalue weighted by Crippen LogP contribution is 2.31. The van der Waals surface area contributed by atoms with Gasteiger partial charge in [-0.05, 0) is 39.2 Å². The lowest BCUT2D eigenvalue weighted by Crippen LogP contribution is -2.26. The van der Waals surface area contributed by atoms with Gasteiger partial charge >= 0.3 is 0 Å². The first-order valence-corrected chi connectivity index (χ1v) is 5.35. The van der Waals surface area contributed by atoms with Crippen molar-refractivity contribution in [1.29, 1.82) is 0 Å². The Labute approximate surface area is 101 Å². The van der Waals surface area contributed by atoms with Crippen molar-refractivity contribution < 1.29 is 9.53 Å². The van der Waals surface area contributed by atoms with E-state index in [0.717, 1.165) is 5.56 Å². The highest BCUT2D eigenvalue weighted by Gasteiger charge is 2.22. The largest absolute Gasteiger partial charge is 0.496 e. The van der Waals surface area contributed by atoms with Crippen molar-refractivity contribution in [3.63, 3.8) is 0 Å². The van der Waals surface area contributed by atoms with E-state index < -0.39 is 0 Å². The van der Waals surface area contributed by atoms with Crippen molar-refractivity contribution >= 4 is 17.4 Å². The summed E-state index contributed by atoms with van der Waals surface area (Å²) in [5.41, 5.74) is 0.799. The summed E-state index contributed by atoms with van der Waals surface area (Å²) >= 11 is 5.94. The number of hydrogen-bond acceptors (Lipinski definition) is 3. The molecule has 1 aromatic carbocycles. The molecule has 0 radical (unpaired) electrons. The van der Waals surface area contributed by atoms with E-state index in [1.54, 1.807) is 32.2 Å². The van der Waals surface area contributed by atoms with Gasteiger partial charge in [0.25, 0.3) is 0 Å². The number of rotatable bonds is 4. The molecule has 1 unspecified atom stereocenters. The third-order valence-electron chi connectivity index (χ3n) is 2.39. The Morgan fingerprint density at radius 2 is 2.06 bits per heavy atom. The molecule has 3 nitrogen and oxygen atoms in total. The van der Waals surface area contributed by atoms with Crippen molar-refractivity contribution in [3.8, 4) is 5.75 Å². The number of Topliss-reactive ketones (excluding diaryl/α,β-unsaturated/α-hetero) is 1. The first-order valence-electron chi connectivity index (χ1n) is 4.97. The van der Waals surface area contributed by atoms with E-state index in [9.17, 15) is 4.79 Å². The summed E-state index contributed by atoms with van der Waals surface area (Å²) < 4.78 is 5.24. The zero-order valence-corrected chi connectivity index (χ0v) is 10.7. The number of ether oxygens (including phenoxy) is 1. The first kappa shape index (κ1) is 13.0. The third kappa shape index (κ3) is 2.74. The zero-order chi connectivity index (χ0) is 12.3. The van der Waals surface area contributed by atoms with Crippen molar-refractivity contribution in [1.82, 2.24) is 4.90 Å². The van der Waals surface area contributed by atoms with Crippen LogP contribution in [0.3, 0.4) is 0 Å². The fourth-order valence-corrected chi connectivity index (χ4v) is 1.96. The smallest absolute Gasteiger partial charge is 0.151 e. The summed E-state index contributed by atoms with van der Waals surface area (Å²) in [5.74, 6) is 0.740. The van der Waals surface area contributed by atoms with Gasteiger partial charge in [-0.2, -0.15) is 0 Å². The monoisotopic (exact) mass is 241 g/mol. The van der Waals surface area contributed by atoms with Crippen LogP contribution >= 0.6 is 11.6 Å². The Kier molecular flexibility index (Phi) is 4.33. The van der Waals surface area contributed by atoms with Crippen LogP contribution in [0.25, 0.3) is 0 Å². The van der Waals surface area contributed by atoms with Gasteiger partial charge in [0.1, 0.15) is 5.75 Å². The molecule has 1 atom stereocenters. The van der Waals surface area contributed by atoms with Crippen LogP contribution in [0.2, 0.25) is 5.02 Å². The van der Waals surface area contributed by atoms with Gasteiger partial charge < -0.3 is 4.74 Å². The molecule has 0 spiro atoms. The maximum absolute atomic E-state index is 11.6. The van der Waals surface area contributed by atoms with E-state index in [4.69, 9.17) is 16.3 Å². The van der Waals surface area contributed by atoms with E-state index >= 15 is 0 Å². The molecule has 0 heterocycles. The predicted octanol–water partition coefficient (Wildman–Crippen LogP) is 2.54. The Balaban J connectivity index is 3.26. The van der Waals surface area contributed by atoms with Gasteiger partial charge in [0.2, 0.25) is 0 Å². The molecule has 88 valence electrons. The van der Waals surface area contributed by atoms with E-state index in [1.807, 2.05) is 19.0 Å². The average molecular weight is 242 g/mol. The van der Waals surface area contributed by atoms with Crippen LogP contribution in [-0.2, 0) is 4.79 Å². The molecular formula is C12H16ClNO2. The lowest BCUT2D eigenvalue weighted by molar-refractivity contribution is -0.121. The zero-order valence-electron chi connectivity index (χ0n) is 9.95. The van der Waals surface area contributed by atoms with Crippen molar-refractivity contribution in [2.24, 2.45) is 0 Å². The molecule has 0 saturated heterocycles. The van der Waals surface area contributed by atoms with Gasteiger partial charge in [-0.3, -0.25) is 9.69 Å². The van der Waals surface area contributed by atoms with Gasteiger partial charge in [0.15, 0.2) is 5.78 Å². The summed E-state index contributed by atoms with van der Waals surface area (Å²) in [6.45, 7) is 1.56. The van der Waals surface area contributed by atoms with Crippen LogP contribution in [-0.4, -0.2) is 31.9 Å². The second-order valence-corrected chi connectivity index (χ2v) is 4.30. The normalized spacial score (nSPS) is 12.6. The Bertz CT molecular complexity index is 391. The van der Waals surface area contributed by atoms with Gasteiger partial charge in [0, 0.05) is 10.6 Å². The number of nitrogens with zero attached hydrogens (tertiary/aromatic N) is 1. The molecule has 16 heavy (non-hydrogen) atoms. The molecule has 4 heteroatoms. The van der Waals surface area contributed by atoms with Gasteiger partial charge in [-0.15, -0.1) is 0 Å². The predicted molar refractivity (Wildman–Crippen MR) is 65.1 cm³/mol. The second kappa shape index (κ2) is 5.32. The minimum absolute atomic E-state index is 0.0607. The molecule has 0 aromatic heterocycles. The number of hydrogen-bond donors (Lipinski definition) is 0. The summed E-state index contributed by atoms with van der Waals surface area (Å²) in [5, 5.41) is 0.601. The van der Waals surface area contributed by atoms with Gasteiger partial charge in [-0.1, -0.05) is 11.6 Å². The summed E-state index contributed by atoms with van der Waals surface area (Å²) in [4.78, 5) is 13.5. The number of methoxy groups -OCH3 is 1. The number of ketones is 1. The molecule has 0 aliphatic heterocycles. The second-order valence-electron chi connectivity index (χ2n) is 3.86. The molecule has 1 aromatic rings. The van der Waals surface area contributed by atoms with Crippen LogP contribution in [0.1, 0.15) is 18.5 Å². The molecule has 0 N–H and O–H groups in total. The average Bonchev–Trinajstić information content (AvgIpc) is 2.17. The Morgan fingerprint density at radius 3 is 2.50 bits per heavy atom. The SMILES string of the molecule is COc1ccc(Cl)cc1C(C(C)=O)N(C)C. The number of carbonyl (C=O) groups excluding carboxylic acids is 1. The quantitative estimate of drug-likeness (QED) is 0.812. The van der Waals surface area contributed by atoms with Crippen LogP contribution in [0, 0.1) is 0 Å². The highest BCUT2D eigenvalue weighted by molar-refractivity contribution is 6.30. The first-order chi connectivity index (χ1) is 7.47. The fraction of sp³-hybridized carbons (Fsp3) is 0.417. The summed E-state index contributed by atoms with van der Waals surface area (Å²) in [6, 6.07) is 4.97. The number of halogens is 1. The van der Waals surface area contributed by atoms with Crippen LogP contribution < -0.4 is 4.74 Å². The van der Waals surface area contributed by atoms with E-state index in [1.165, 1.54) is 0 Å². The Hall–Kier alpha value is -1.06. The molecular weight excluding hydrogens is 226 g/mol. The van der Waals surface area contributed by atoms with E-state index in [2.05, 4.69) is 0 Å². The van der Waals surface area contributed by atoms with Crippen molar-refractivity contribution in [2.45, 2.75) is 13.0 Å². The van der Waals surface area contributed by atoms with Crippen molar-refractivity contribution in [2.75, 3.05) is 21.2 Å². The third-order valence-corrected chi connectivity index (χ3v) is 2.62. The molecule has 0 aliphatic carbocycles. The van der Waals surface area contributed by atoms with Gasteiger partial charge in [0.05, 0.1) is 13.2 Å². The maximum atomic E-state index is 11.6. The van der Waals surface area contributed by atoms with Crippen LogP contribution in [0.4, 0.5) is 0 Å². The fourth-order valence-electron chi connectivity index (χ4n) is 1.78. The van der Waals surface area contributed by atoms with Crippen molar-refractivity contribution in [3.05, 3.63) is 28.8 Å². The number of carbonyl (C=O) groups is 1. The van der Waals surface area contributed by atoms with Crippen LogP contribution in [0.5, 0.6) is 5.75 Å². The minimum Gasteiger partial charge on any atom is -0.496 e. The lowest BCUT2D eigenvalue weighted by atomic mass is 10.0. The van der Waals surface area contributed by atoms with Gasteiger partial charge in [-0.25, -0.2) is 0 Å². The maximum Gasteiger partial charge on any atom is 0.151 e.